The highest BCUT2D eigenvalue weighted by atomic mass is 15.2. The van der Waals surface area contributed by atoms with E-state index in [1.807, 2.05) is 0 Å². The predicted octanol–water partition coefficient (Wildman–Crippen LogP) is 1.86. The number of piperidine rings is 1. The molecule has 2 atom stereocenters. The summed E-state index contributed by atoms with van der Waals surface area (Å²) in [6.45, 7) is 10.4. The third kappa shape index (κ3) is 3.28. The summed E-state index contributed by atoms with van der Waals surface area (Å²) < 4.78 is 0. The van der Waals surface area contributed by atoms with E-state index in [9.17, 15) is 0 Å². The van der Waals surface area contributed by atoms with E-state index in [1.165, 1.54) is 25.8 Å². The smallest absolute Gasteiger partial charge is 0.0112 e. The first-order chi connectivity index (χ1) is 6.25. The number of nitrogens with zero attached hydrogens (tertiary/aromatic N) is 1. The largest absolute Gasteiger partial charge is 0.316 e. The van der Waals surface area contributed by atoms with Gasteiger partial charge in [-0.05, 0) is 33.2 Å². The first kappa shape index (κ1) is 11.0. The van der Waals surface area contributed by atoms with E-state index in [0.29, 0.717) is 0 Å². The number of hydrogen-bond donors (Lipinski definition) is 1. The Balaban J connectivity index is 2.26. The van der Waals surface area contributed by atoms with E-state index in [1.54, 1.807) is 0 Å². The maximum Gasteiger partial charge on any atom is 0.0112 e. The topological polar surface area (TPSA) is 15.3 Å². The molecule has 0 aromatic carbocycles. The van der Waals surface area contributed by atoms with Crippen molar-refractivity contribution < 1.29 is 0 Å². The Hall–Kier alpha value is -0.0800. The van der Waals surface area contributed by atoms with Gasteiger partial charge in [0.05, 0.1) is 0 Å². The van der Waals surface area contributed by atoms with Crippen LogP contribution in [-0.4, -0.2) is 36.6 Å². The van der Waals surface area contributed by atoms with E-state index < -0.39 is 0 Å². The first-order valence-electron chi connectivity index (χ1n) is 5.72. The Bertz CT molecular complexity index is 126. The molecule has 0 aromatic rings. The van der Waals surface area contributed by atoms with Crippen molar-refractivity contribution in [2.24, 2.45) is 0 Å². The minimum atomic E-state index is 0.794. The Morgan fingerprint density at radius 1 is 1.23 bits per heavy atom. The summed E-state index contributed by atoms with van der Waals surface area (Å²) in [6, 6.07) is 1.59. The molecule has 0 saturated carbocycles. The second-order valence-electron chi connectivity index (χ2n) is 4.22. The molecule has 78 valence electrons. The molecule has 1 aliphatic rings. The van der Waals surface area contributed by atoms with Crippen LogP contribution in [0.5, 0.6) is 0 Å². The molecule has 2 heteroatoms. The lowest BCUT2D eigenvalue weighted by atomic mass is 9.98. The van der Waals surface area contributed by atoms with Crippen molar-refractivity contribution in [1.29, 1.82) is 0 Å². The van der Waals surface area contributed by atoms with Crippen LogP contribution in [0.2, 0.25) is 0 Å². The molecule has 0 radical (unpaired) electrons. The Labute approximate surface area is 82.7 Å². The zero-order valence-corrected chi connectivity index (χ0v) is 9.34. The minimum Gasteiger partial charge on any atom is -0.316 e. The molecule has 1 heterocycles. The van der Waals surface area contributed by atoms with Crippen LogP contribution < -0.4 is 5.32 Å². The van der Waals surface area contributed by atoms with Gasteiger partial charge in [-0.25, -0.2) is 0 Å². The zero-order valence-electron chi connectivity index (χ0n) is 9.34. The fraction of sp³-hybridized carbons (Fsp3) is 1.00. The number of rotatable bonds is 4. The van der Waals surface area contributed by atoms with E-state index >= 15 is 0 Å². The lowest BCUT2D eigenvalue weighted by Gasteiger charge is -2.39. The highest BCUT2D eigenvalue weighted by Gasteiger charge is 2.23. The van der Waals surface area contributed by atoms with Crippen LogP contribution in [0.3, 0.4) is 0 Å². The molecule has 1 rings (SSSR count). The van der Waals surface area contributed by atoms with Crippen LogP contribution in [0, 0.1) is 0 Å². The summed E-state index contributed by atoms with van der Waals surface area (Å²) in [6.07, 6.45) is 4.19. The first-order valence-corrected chi connectivity index (χ1v) is 5.72. The van der Waals surface area contributed by atoms with Crippen molar-refractivity contribution in [1.82, 2.24) is 10.2 Å². The predicted molar refractivity (Wildman–Crippen MR) is 58.0 cm³/mol. The maximum absolute atomic E-state index is 3.39. The average Bonchev–Trinajstić information content (AvgIpc) is 2.10. The molecule has 1 saturated heterocycles. The van der Waals surface area contributed by atoms with E-state index in [0.717, 1.165) is 25.2 Å². The highest BCUT2D eigenvalue weighted by Crippen LogP contribution is 2.21. The van der Waals surface area contributed by atoms with Crippen molar-refractivity contribution >= 4 is 0 Å². The van der Waals surface area contributed by atoms with Crippen LogP contribution in [0.15, 0.2) is 0 Å². The summed E-state index contributed by atoms with van der Waals surface area (Å²) in [5.74, 6) is 0. The van der Waals surface area contributed by atoms with Crippen molar-refractivity contribution in [3.63, 3.8) is 0 Å². The van der Waals surface area contributed by atoms with Gasteiger partial charge in [-0.2, -0.15) is 0 Å². The fourth-order valence-corrected chi connectivity index (χ4v) is 2.30. The normalized spacial score (nSPS) is 30.7. The lowest BCUT2D eigenvalue weighted by Crippen LogP contribution is -2.46. The van der Waals surface area contributed by atoms with Crippen molar-refractivity contribution in [3.8, 4) is 0 Å². The molecule has 0 amide bonds. The molecule has 0 aromatic heterocycles. The standard InChI is InChI=1S/C11H24N2/c1-4-12-8-9-13-10(2)6-5-7-11(13)3/h10-12H,4-9H2,1-3H3/t10-,11+. The molecule has 2 nitrogen and oxygen atoms in total. The molecule has 1 N–H and O–H groups in total. The molecule has 0 aliphatic carbocycles. The van der Waals surface area contributed by atoms with E-state index in [-0.39, 0.29) is 0 Å². The average molecular weight is 184 g/mol. The van der Waals surface area contributed by atoms with Gasteiger partial charge >= 0.3 is 0 Å². The van der Waals surface area contributed by atoms with Gasteiger partial charge in [-0.1, -0.05) is 13.3 Å². The maximum atomic E-state index is 3.39. The van der Waals surface area contributed by atoms with Gasteiger partial charge < -0.3 is 5.32 Å². The molecular weight excluding hydrogens is 160 g/mol. The second-order valence-corrected chi connectivity index (χ2v) is 4.22. The molecular formula is C11H24N2. The summed E-state index contributed by atoms with van der Waals surface area (Å²) in [7, 11) is 0. The van der Waals surface area contributed by atoms with Gasteiger partial charge in [0.1, 0.15) is 0 Å². The second kappa shape index (κ2) is 5.61. The fourth-order valence-electron chi connectivity index (χ4n) is 2.30. The monoisotopic (exact) mass is 184 g/mol. The summed E-state index contributed by atoms with van der Waals surface area (Å²) in [5, 5.41) is 3.39. The third-order valence-corrected chi connectivity index (χ3v) is 3.17. The Kier molecular flexibility index (Phi) is 4.74. The van der Waals surface area contributed by atoms with Crippen molar-refractivity contribution in [2.75, 3.05) is 19.6 Å². The van der Waals surface area contributed by atoms with Gasteiger partial charge in [0.25, 0.3) is 0 Å². The van der Waals surface area contributed by atoms with Crippen LogP contribution in [-0.2, 0) is 0 Å². The minimum absolute atomic E-state index is 0.794. The zero-order chi connectivity index (χ0) is 9.68. The van der Waals surface area contributed by atoms with Crippen LogP contribution in [0.25, 0.3) is 0 Å². The molecule has 0 bridgehead atoms. The van der Waals surface area contributed by atoms with Crippen molar-refractivity contribution in [3.05, 3.63) is 0 Å². The van der Waals surface area contributed by atoms with Crippen LogP contribution >= 0.6 is 0 Å². The van der Waals surface area contributed by atoms with Gasteiger partial charge in [0.2, 0.25) is 0 Å². The molecule has 0 unspecified atom stereocenters. The number of likely N-dealkylation sites (N-methyl/N-ethyl adjacent to an activating group) is 1. The molecule has 1 fully saturated rings. The van der Waals surface area contributed by atoms with Gasteiger partial charge in [0, 0.05) is 25.2 Å². The summed E-state index contributed by atoms with van der Waals surface area (Å²) in [5.41, 5.74) is 0. The van der Waals surface area contributed by atoms with Crippen LogP contribution in [0.4, 0.5) is 0 Å². The SMILES string of the molecule is CCNCCN1[C@H](C)CCC[C@@H]1C. The van der Waals surface area contributed by atoms with E-state index in [4.69, 9.17) is 0 Å². The van der Waals surface area contributed by atoms with Crippen molar-refractivity contribution in [2.45, 2.75) is 52.1 Å². The van der Waals surface area contributed by atoms with Gasteiger partial charge in [0.15, 0.2) is 0 Å². The Morgan fingerprint density at radius 3 is 2.38 bits per heavy atom. The number of hydrogen-bond acceptors (Lipinski definition) is 2. The lowest BCUT2D eigenvalue weighted by molar-refractivity contribution is 0.105. The summed E-state index contributed by atoms with van der Waals surface area (Å²) >= 11 is 0. The molecule has 13 heavy (non-hydrogen) atoms. The highest BCUT2D eigenvalue weighted by molar-refractivity contribution is 4.79. The van der Waals surface area contributed by atoms with Gasteiger partial charge in [-0.15, -0.1) is 0 Å². The number of likely N-dealkylation sites (tertiary alicyclic amines) is 1. The van der Waals surface area contributed by atoms with Gasteiger partial charge in [-0.3, -0.25) is 4.90 Å². The third-order valence-electron chi connectivity index (χ3n) is 3.17. The van der Waals surface area contributed by atoms with Crippen LogP contribution in [0.1, 0.15) is 40.0 Å². The molecule has 0 spiro atoms. The number of nitrogens with one attached hydrogen (secondary N) is 1. The Morgan fingerprint density at radius 2 is 1.85 bits per heavy atom. The molecule has 1 aliphatic heterocycles. The quantitative estimate of drug-likeness (QED) is 0.671. The summed E-state index contributed by atoms with van der Waals surface area (Å²) in [4.78, 5) is 2.64. The van der Waals surface area contributed by atoms with E-state index in [2.05, 4.69) is 31.0 Å².